The van der Waals surface area contributed by atoms with E-state index in [9.17, 15) is 12.8 Å². The molecule has 0 aliphatic heterocycles. The van der Waals surface area contributed by atoms with Crippen LogP contribution in [0.25, 0.3) is 0 Å². The largest absolute Gasteiger partial charge is 0.495 e. The first kappa shape index (κ1) is 11.7. The van der Waals surface area contributed by atoms with Gasteiger partial charge in [-0.2, -0.15) is 0 Å². The zero-order valence-corrected chi connectivity index (χ0v) is 10.1. The van der Waals surface area contributed by atoms with E-state index in [1.54, 1.807) is 0 Å². The molecule has 0 bridgehead atoms. The molecule has 0 fully saturated rings. The average Bonchev–Trinajstić information content (AvgIpc) is 2.07. The number of methoxy groups -OCH3 is 1. The predicted molar refractivity (Wildman–Crippen MR) is 53.7 cm³/mol. The minimum atomic E-state index is -3.93. The highest BCUT2D eigenvalue weighted by Gasteiger charge is 2.19. The van der Waals surface area contributed by atoms with E-state index in [1.165, 1.54) is 7.11 Å². The van der Waals surface area contributed by atoms with E-state index in [1.807, 2.05) is 0 Å². The lowest BCUT2D eigenvalue weighted by Crippen LogP contribution is -1.97. The van der Waals surface area contributed by atoms with Crippen molar-refractivity contribution in [2.24, 2.45) is 0 Å². The van der Waals surface area contributed by atoms with Crippen LogP contribution in [0.4, 0.5) is 4.39 Å². The molecule has 0 aromatic heterocycles. The Hall–Kier alpha value is -0.330. The first-order chi connectivity index (χ1) is 6.36. The third kappa shape index (κ3) is 2.37. The molecule has 0 spiro atoms. The van der Waals surface area contributed by atoms with E-state index in [4.69, 9.17) is 10.7 Å². The Kier molecular flexibility index (Phi) is 3.39. The van der Waals surface area contributed by atoms with Crippen molar-refractivity contribution >= 4 is 35.7 Å². The quantitative estimate of drug-likeness (QED) is 0.789. The van der Waals surface area contributed by atoms with Crippen molar-refractivity contribution in [3.8, 4) is 5.75 Å². The second-order valence-corrected chi connectivity index (χ2v) is 5.74. The van der Waals surface area contributed by atoms with Crippen molar-refractivity contribution in [3.63, 3.8) is 0 Å². The van der Waals surface area contributed by atoms with E-state index in [2.05, 4.69) is 20.7 Å². The van der Waals surface area contributed by atoms with Gasteiger partial charge in [-0.15, -0.1) is 0 Å². The van der Waals surface area contributed by atoms with Crippen LogP contribution >= 0.6 is 26.6 Å². The fraction of sp³-hybridized carbons (Fsp3) is 0.143. The van der Waals surface area contributed by atoms with Crippen LogP contribution in [0.5, 0.6) is 5.75 Å². The summed E-state index contributed by atoms with van der Waals surface area (Å²) in [5.74, 6) is -0.744. The molecule has 1 aromatic rings. The van der Waals surface area contributed by atoms with Crippen LogP contribution in [0.3, 0.4) is 0 Å². The van der Waals surface area contributed by atoms with Crippen LogP contribution in [0, 0.1) is 5.82 Å². The van der Waals surface area contributed by atoms with Crippen molar-refractivity contribution in [1.29, 1.82) is 0 Å². The summed E-state index contributed by atoms with van der Waals surface area (Å²) in [5.41, 5.74) is 0. The number of benzene rings is 1. The minimum absolute atomic E-state index is 0.0116. The molecule has 14 heavy (non-hydrogen) atoms. The van der Waals surface area contributed by atoms with Crippen molar-refractivity contribution < 1.29 is 17.5 Å². The van der Waals surface area contributed by atoms with Crippen molar-refractivity contribution in [2.75, 3.05) is 7.11 Å². The van der Waals surface area contributed by atoms with Crippen LogP contribution in [-0.4, -0.2) is 15.5 Å². The van der Waals surface area contributed by atoms with E-state index in [0.717, 1.165) is 12.1 Å². The zero-order valence-electron chi connectivity index (χ0n) is 6.92. The van der Waals surface area contributed by atoms with E-state index < -0.39 is 14.9 Å². The van der Waals surface area contributed by atoms with Gasteiger partial charge in [0.2, 0.25) is 0 Å². The molecule has 7 heteroatoms. The van der Waals surface area contributed by atoms with Gasteiger partial charge >= 0.3 is 0 Å². The van der Waals surface area contributed by atoms with E-state index >= 15 is 0 Å². The summed E-state index contributed by atoms with van der Waals surface area (Å²) >= 11 is 2.85. The van der Waals surface area contributed by atoms with Crippen LogP contribution in [0.15, 0.2) is 21.5 Å². The molecular formula is C7H5BrClFO3S. The third-order valence-electron chi connectivity index (χ3n) is 1.47. The highest BCUT2D eigenvalue weighted by atomic mass is 79.9. The Labute approximate surface area is 93.4 Å². The standard InChI is InChI=1S/C7H5BrClFO3S/c1-13-6-3-5(10)4(8)2-7(6)14(9,11)12/h2-3H,1H3. The van der Waals surface area contributed by atoms with Crippen LogP contribution < -0.4 is 4.74 Å². The van der Waals surface area contributed by atoms with Crippen molar-refractivity contribution in [3.05, 3.63) is 22.4 Å². The number of rotatable bonds is 2. The molecule has 0 aliphatic rings. The van der Waals surface area contributed by atoms with Gasteiger partial charge in [0, 0.05) is 16.7 Å². The van der Waals surface area contributed by atoms with Crippen LogP contribution in [-0.2, 0) is 9.05 Å². The summed E-state index contributed by atoms with van der Waals surface area (Å²) in [5, 5.41) is 0. The maximum Gasteiger partial charge on any atom is 0.265 e. The molecule has 1 aromatic carbocycles. The lowest BCUT2D eigenvalue weighted by atomic mass is 10.3. The molecule has 0 saturated heterocycles. The van der Waals surface area contributed by atoms with Gasteiger partial charge < -0.3 is 4.74 Å². The normalized spacial score (nSPS) is 11.4. The van der Waals surface area contributed by atoms with Gasteiger partial charge in [-0.25, -0.2) is 12.8 Å². The second kappa shape index (κ2) is 4.04. The molecule has 0 unspecified atom stereocenters. The van der Waals surface area contributed by atoms with Gasteiger partial charge in [-0.05, 0) is 22.0 Å². The smallest absolute Gasteiger partial charge is 0.265 e. The molecule has 0 heterocycles. The monoisotopic (exact) mass is 302 g/mol. The average molecular weight is 304 g/mol. The van der Waals surface area contributed by atoms with Gasteiger partial charge in [0.25, 0.3) is 9.05 Å². The number of hydrogen-bond acceptors (Lipinski definition) is 3. The molecular weight excluding hydrogens is 298 g/mol. The summed E-state index contributed by atoms with van der Waals surface area (Å²) in [6, 6.07) is 2.00. The molecule has 0 saturated carbocycles. The molecule has 3 nitrogen and oxygen atoms in total. The molecule has 78 valence electrons. The first-order valence-corrected chi connectivity index (χ1v) is 6.44. The Morgan fingerprint density at radius 2 is 2.07 bits per heavy atom. The summed E-state index contributed by atoms with van der Waals surface area (Å²) in [7, 11) is 2.41. The lowest BCUT2D eigenvalue weighted by Gasteiger charge is -2.06. The Morgan fingerprint density at radius 1 is 1.50 bits per heavy atom. The predicted octanol–water partition coefficient (Wildman–Crippen LogP) is 2.52. The third-order valence-corrected chi connectivity index (χ3v) is 3.42. The minimum Gasteiger partial charge on any atom is -0.495 e. The number of ether oxygens (including phenoxy) is 1. The zero-order chi connectivity index (χ0) is 10.9. The fourth-order valence-electron chi connectivity index (χ4n) is 0.860. The SMILES string of the molecule is COc1cc(F)c(Br)cc1S(=O)(=O)Cl. The maximum atomic E-state index is 13.0. The maximum absolute atomic E-state index is 13.0. The van der Waals surface area contributed by atoms with Crippen LogP contribution in [0.2, 0.25) is 0 Å². The van der Waals surface area contributed by atoms with Gasteiger partial charge in [-0.3, -0.25) is 0 Å². The topological polar surface area (TPSA) is 43.4 Å². The molecule has 0 aliphatic carbocycles. The van der Waals surface area contributed by atoms with E-state index in [0.29, 0.717) is 0 Å². The first-order valence-electron chi connectivity index (χ1n) is 3.34. The number of halogens is 3. The van der Waals surface area contributed by atoms with Crippen molar-refractivity contribution in [2.45, 2.75) is 4.90 Å². The highest BCUT2D eigenvalue weighted by molar-refractivity contribution is 9.10. The van der Waals surface area contributed by atoms with Crippen LogP contribution in [0.1, 0.15) is 0 Å². The Bertz CT molecular complexity index is 460. The van der Waals surface area contributed by atoms with Gasteiger partial charge in [-0.1, -0.05) is 0 Å². The molecule has 0 radical (unpaired) electrons. The van der Waals surface area contributed by atoms with Gasteiger partial charge in [0.1, 0.15) is 16.5 Å². The summed E-state index contributed by atoms with van der Waals surface area (Å²) in [6.45, 7) is 0. The molecule has 0 atom stereocenters. The number of hydrogen-bond donors (Lipinski definition) is 0. The Morgan fingerprint density at radius 3 is 2.50 bits per heavy atom. The van der Waals surface area contributed by atoms with Gasteiger partial charge in [0.05, 0.1) is 11.6 Å². The summed E-state index contributed by atoms with van der Waals surface area (Å²) < 4.78 is 39.7. The fourth-order valence-corrected chi connectivity index (χ4v) is 2.36. The molecule has 0 amide bonds. The highest BCUT2D eigenvalue weighted by Crippen LogP contribution is 2.31. The molecule has 0 N–H and O–H groups in total. The summed E-state index contributed by atoms with van der Waals surface area (Å²) in [4.78, 5) is -0.269. The Balaban J connectivity index is 3.51. The second-order valence-electron chi connectivity index (χ2n) is 2.36. The van der Waals surface area contributed by atoms with Gasteiger partial charge in [0.15, 0.2) is 0 Å². The van der Waals surface area contributed by atoms with Crippen molar-refractivity contribution in [1.82, 2.24) is 0 Å². The lowest BCUT2D eigenvalue weighted by molar-refractivity contribution is 0.399. The summed E-state index contributed by atoms with van der Waals surface area (Å²) in [6.07, 6.45) is 0. The van der Waals surface area contributed by atoms with E-state index in [-0.39, 0.29) is 15.1 Å². The molecule has 1 rings (SSSR count).